The molecule has 3 aromatic heterocycles. The van der Waals surface area contributed by atoms with Gasteiger partial charge in [0.25, 0.3) is 0 Å². The highest BCUT2D eigenvalue weighted by atomic mass is 15.0. The number of anilines is 1. The summed E-state index contributed by atoms with van der Waals surface area (Å²) in [6.45, 7) is 4.70. The zero-order chi connectivity index (χ0) is 15.3. The van der Waals surface area contributed by atoms with Crippen LogP contribution in [-0.4, -0.2) is 19.9 Å². The van der Waals surface area contributed by atoms with Crippen LogP contribution in [0.25, 0.3) is 21.9 Å². The summed E-state index contributed by atoms with van der Waals surface area (Å²) >= 11 is 0. The van der Waals surface area contributed by atoms with E-state index in [0.717, 1.165) is 40.5 Å². The van der Waals surface area contributed by atoms with Gasteiger partial charge in [-0.05, 0) is 37.2 Å². The molecule has 3 aromatic rings. The number of hydrogen-bond acceptors (Lipinski definition) is 4. The molecule has 3 heterocycles. The monoisotopic (exact) mass is 295 g/mol. The van der Waals surface area contributed by atoms with Crippen LogP contribution in [0.2, 0.25) is 0 Å². The predicted octanol–water partition coefficient (Wildman–Crippen LogP) is 3.77. The van der Waals surface area contributed by atoms with Gasteiger partial charge in [0.2, 0.25) is 5.95 Å². The second-order valence-corrected chi connectivity index (χ2v) is 7.18. The summed E-state index contributed by atoms with van der Waals surface area (Å²) < 4.78 is 0. The lowest BCUT2D eigenvalue weighted by Crippen LogP contribution is -2.21. The van der Waals surface area contributed by atoms with Crippen molar-refractivity contribution < 1.29 is 0 Å². The highest BCUT2D eigenvalue weighted by molar-refractivity contribution is 6.07. The molecule has 4 rings (SSSR count). The van der Waals surface area contributed by atoms with Crippen LogP contribution in [0.15, 0.2) is 18.5 Å². The topological polar surface area (TPSA) is 80.5 Å². The van der Waals surface area contributed by atoms with Crippen molar-refractivity contribution in [1.82, 2.24) is 19.9 Å². The Morgan fingerprint density at radius 2 is 2.00 bits per heavy atom. The van der Waals surface area contributed by atoms with Gasteiger partial charge < -0.3 is 10.7 Å². The Kier molecular flexibility index (Phi) is 2.86. The van der Waals surface area contributed by atoms with Gasteiger partial charge in [-0.3, -0.25) is 4.98 Å². The van der Waals surface area contributed by atoms with E-state index in [2.05, 4.69) is 33.8 Å². The van der Waals surface area contributed by atoms with Crippen molar-refractivity contribution in [1.29, 1.82) is 0 Å². The van der Waals surface area contributed by atoms with Crippen LogP contribution in [0.5, 0.6) is 0 Å². The molecular weight excluding hydrogens is 274 g/mol. The quantitative estimate of drug-likeness (QED) is 0.716. The fraction of sp³-hybridized carbons (Fsp3) is 0.471. The molecule has 0 aliphatic heterocycles. The van der Waals surface area contributed by atoms with Gasteiger partial charge in [0.15, 0.2) is 0 Å². The van der Waals surface area contributed by atoms with Gasteiger partial charge in [-0.1, -0.05) is 13.8 Å². The summed E-state index contributed by atoms with van der Waals surface area (Å²) in [4.78, 5) is 16.5. The molecule has 114 valence electrons. The second kappa shape index (κ2) is 4.66. The van der Waals surface area contributed by atoms with Crippen LogP contribution in [-0.2, 0) is 0 Å². The van der Waals surface area contributed by atoms with Crippen LogP contribution in [0, 0.1) is 5.41 Å². The number of aromatic amines is 1. The van der Waals surface area contributed by atoms with Crippen LogP contribution in [0.3, 0.4) is 0 Å². The molecule has 0 atom stereocenters. The molecule has 1 fully saturated rings. The SMILES string of the molecule is CC1(C)CCC(c2nc(N)nc3[nH]c4cnccc4c23)CC1. The summed E-state index contributed by atoms with van der Waals surface area (Å²) in [5, 5.41) is 2.26. The minimum absolute atomic E-state index is 0.354. The molecule has 5 heteroatoms. The number of pyridine rings is 1. The lowest BCUT2D eigenvalue weighted by atomic mass is 9.72. The number of rotatable bonds is 1. The Labute approximate surface area is 129 Å². The maximum absolute atomic E-state index is 5.95. The number of aromatic nitrogens is 4. The van der Waals surface area contributed by atoms with E-state index < -0.39 is 0 Å². The standard InChI is InChI=1S/C17H21N5/c1-17(2)6-3-10(4-7-17)14-13-11-5-8-19-9-12(11)20-15(13)22-16(18)21-14/h5,8-10H,3-4,6-7H2,1-2H3,(H3,18,20,21,22). The van der Waals surface area contributed by atoms with Crippen molar-refractivity contribution in [2.75, 3.05) is 5.73 Å². The Bertz CT molecular complexity index is 839. The van der Waals surface area contributed by atoms with Crippen molar-refractivity contribution in [3.8, 4) is 0 Å². The number of nitrogens with zero attached hydrogens (tertiary/aromatic N) is 3. The molecule has 1 aliphatic rings. The summed E-state index contributed by atoms with van der Waals surface area (Å²) in [5.74, 6) is 0.819. The molecule has 0 radical (unpaired) electrons. The van der Waals surface area contributed by atoms with Gasteiger partial charge in [0.1, 0.15) is 5.65 Å². The van der Waals surface area contributed by atoms with Crippen LogP contribution in [0.1, 0.15) is 51.1 Å². The van der Waals surface area contributed by atoms with Crippen molar-refractivity contribution >= 4 is 27.9 Å². The maximum atomic E-state index is 5.95. The van der Waals surface area contributed by atoms with Crippen molar-refractivity contribution in [3.63, 3.8) is 0 Å². The average Bonchev–Trinajstić information content (AvgIpc) is 2.84. The van der Waals surface area contributed by atoms with Crippen molar-refractivity contribution in [2.45, 2.75) is 45.4 Å². The summed E-state index contributed by atoms with van der Waals surface area (Å²) in [6, 6.07) is 2.03. The smallest absolute Gasteiger partial charge is 0.222 e. The van der Waals surface area contributed by atoms with E-state index in [1.165, 1.54) is 12.8 Å². The molecule has 5 nitrogen and oxygen atoms in total. The molecule has 0 saturated heterocycles. The number of nitrogens with one attached hydrogen (secondary N) is 1. The normalized spacial score (nSPS) is 19.0. The van der Waals surface area contributed by atoms with Gasteiger partial charge in [-0.2, -0.15) is 4.98 Å². The first-order chi connectivity index (χ1) is 10.5. The molecule has 1 saturated carbocycles. The van der Waals surface area contributed by atoms with Crippen LogP contribution in [0.4, 0.5) is 5.95 Å². The van der Waals surface area contributed by atoms with Gasteiger partial charge >= 0.3 is 0 Å². The first-order valence-electron chi connectivity index (χ1n) is 7.92. The van der Waals surface area contributed by atoms with Gasteiger partial charge in [-0.25, -0.2) is 4.98 Å². The molecule has 0 spiro atoms. The lowest BCUT2D eigenvalue weighted by Gasteiger charge is -2.34. The third kappa shape index (κ3) is 2.12. The fourth-order valence-electron chi connectivity index (χ4n) is 3.66. The Hall–Kier alpha value is -2.17. The molecule has 3 N–H and O–H groups in total. The predicted molar refractivity (Wildman–Crippen MR) is 88.6 cm³/mol. The molecule has 22 heavy (non-hydrogen) atoms. The number of nitrogen functional groups attached to an aromatic ring is 1. The summed E-state index contributed by atoms with van der Waals surface area (Å²) in [7, 11) is 0. The number of H-pyrrole nitrogens is 1. The molecular formula is C17H21N5. The van der Waals surface area contributed by atoms with Crippen molar-refractivity contribution in [3.05, 3.63) is 24.2 Å². The molecule has 0 aromatic carbocycles. The maximum Gasteiger partial charge on any atom is 0.222 e. The van der Waals surface area contributed by atoms with Gasteiger partial charge in [0.05, 0.1) is 17.4 Å². The lowest BCUT2D eigenvalue weighted by molar-refractivity contribution is 0.223. The van der Waals surface area contributed by atoms with Gasteiger partial charge in [-0.15, -0.1) is 0 Å². The van der Waals surface area contributed by atoms with E-state index in [9.17, 15) is 0 Å². The van der Waals surface area contributed by atoms with E-state index >= 15 is 0 Å². The largest absolute Gasteiger partial charge is 0.368 e. The zero-order valence-corrected chi connectivity index (χ0v) is 13.1. The molecule has 0 bridgehead atoms. The van der Waals surface area contributed by atoms with Crippen molar-refractivity contribution in [2.24, 2.45) is 5.41 Å². The summed E-state index contributed by atoms with van der Waals surface area (Å²) in [6.07, 6.45) is 8.44. The fourth-order valence-corrected chi connectivity index (χ4v) is 3.66. The van der Waals surface area contributed by atoms with E-state index in [0.29, 0.717) is 17.3 Å². The Morgan fingerprint density at radius 3 is 2.77 bits per heavy atom. The molecule has 0 amide bonds. The van der Waals surface area contributed by atoms with Crippen LogP contribution < -0.4 is 5.73 Å². The minimum atomic E-state index is 0.354. The van der Waals surface area contributed by atoms with Gasteiger partial charge in [0, 0.05) is 22.9 Å². The highest BCUT2D eigenvalue weighted by Gasteiger charge is 2.30. The molecule has 1 aliphatic carbocycles. The zero-order valence-electron chi connectivity index (χ0n) is 13.1. The third-order valence-corrected chi connectivity index (χ3v) is 5.02. The first-order valence-corrected chi connectivity index (χ1v) is 7.92. The minimum Gasteiger partial charge on any atom is -0.368 e. The third-order valence-electron chi connectivity index (χ3n) is 5.02. The Balaban J connectivity index is 1.89. The van der Waals surface area contributed by atoms with E-state index in [4.69, 9.17) is 5.73 Å². The van der Waals surface area contributed by atoms with E-state index in [1.807, 2.05) is 18.5 Å². The second-order valence-electron chi connectivity index (χ2n) is 7.18. The average molecular weight is 295 g/mol. The number of nitrogens with two attached hydrogens (primary N) is 1. The Morgan fingerprint density at radius 1 is 1.23 bits per heavy atom. The van der Waals surface area contributed by atoms with E-state index in [-0.39, 0.29) is 0 Å². The first kappa shape index (κ1) is 13.5. The number of hydrogen-bond donors (Lipinski definition) is 2. The summed E-state index contributed by atoms with van der Waals surface area (Å²) in [5.41, 5.74) is 9.32. The van der Waals surface area contributed by atoms with E-state index in [1.54, 1.807) is 0 Å². The number of fused-ring (bicyclic) bond motifs is 3. The van der Waals surface area contributed by atoms with Crippen LogP contribution >= 0.6 is 0 Å². The highest BCUT2D eigenvalue weighted by Crippen LogP contribution is 2.44. The molecule has 0 unspecified atom stereocenters.